The lowest BCUT2D eigenvalue weighted by Crippen LogP contribution is -2.24. The summed E-state index contributed by atoms with van der Waals surface area (Å²) in [5.41, 5.74) is 0.845. The number of nitrogens with zero attached hydrogens (tertiary/aromatic N) is 3. The van der Waals surface area contributed by atoms with Crippen molar-refractivity contribution in [2.45, 2.75) is 0 Å². The first-order chi connectivity index (χ1) is 12.3. The van der Waals surface area contributed by atoms with Crippen LogP contribution in [-0.2, 0) is 4.79 Å². The predicted octanol–water partition coefficient (Wildman–Crippen LogP) is 3.64. The van der Waals surface area contributed by atoms with E-state index in [4.69, 9.17) is 9.47 Å². The van der Waals surface area contributed by atoms with Crippen molar-refractivity contribution in [3.63, 3.8) is 0 Å². The fraction of sp³-hybridized carbons (Fsp3) is 0.0556. The third-order valence-electron chi connectivity index (χ3n) is 3.52. The molecule has 0 radical (unpaired) electrons. The topological polar surface area (TPSA) is 64.6 Å². The minimum absolute atomic E-state index is 0.221. The van der Waals surface area contributed by atoms with Crippen LogP contribution in [0, 0.1) is 0 Å². The number of rotatable bonds is 4. The monoisotopic (exact) mass is 351 g/mol. The molecule has 0 aliphatic carbocycles. The summed E-state index contributed by atoms with van der Waals surface area (Å²) in [5, 5.41) is 2.39. The molecule has 1 amide bonds. The molecule has 1 aromatic carbocycles. The molecule has 1 aliphatic heterocycles. The minimum atomic E-state index is -0.230. The number of carbonyl (C=O) groups excluding carboxylic acids is 1. The van der Waals surface area contributed by atoms with Gasteiger partial charge in [-0.25, -0.2) is 14.9 Å². The van der Waals surface area contributed by atoms with Crippen LogP contribution in [0.4, 0.5) is 10.9 Å². The van der Waals surface area contributed by atoms with Crippen molar-refractivity contribution >= 4 is 34.3 Å². The van der Waals surface area contributed by atoms with Crippen molar-refractivity contribution in [1.29, 1.82) is 0 Å². The van der Waals surface area contributed by atoms with Crippen LogP contribution in [0.1, 0.15) is 5.56 Å². The number of ether oxygens (including phenoxy) is 2. The maximum Gasteiger partial charge on any atom is 0.258 e. The van der Waals surface area contributed by atoms with Gasteiger partial charge in [0.2, 0.25) is 6.79 Å². The number of aromatic nitrogens is 2. The van der Waals surface area contributed by atoms with Gasteiger partial charge in [-0.3, -0.25) is 4.79 Å². The highest BCUT2D eigenvalue weighted by molar-refractivity contribution is 7.13. The van der Waals surface area contributed by atoms with E-state index < -0.39 is 0 Å². The number of hydrogen-bond acceptors (Lipinski definition) is 6. The van der Waals surface area contributed by atoms with Gasteiger partial charge in [-0.1, -0.05) is 12.1 Å². The molecule has 0 atom stereocenters. The van der Waals surface area contributed by atoms with E-state index >= 15 is 0 Å². The molecule has 0 N–H and O–H groups in total. The third kappa shape index (κ3) is 3.22. The molecule has 124 valence electrons. The standard InChI is InChI=1S/C18H13N3O3S/c22-17(7-5-13-4-6-14-15(11-13)24-12-23-14)21(18-20-9-10-25-18)16-3-1-2-8-19-16/h1-11H,12H2/b7-5+. The SMILES string of the molecule is O=C(/C=C/c1ccc2c(c1)OCO2)N(c1ccccn1)c1nccs1. The molecule has 0 saturated carbocycles. The molecule has 0 fully saturated rings. The molecular weight excluding hydrogens is 338 g/mol. The fourth-order valence-corrected chi connectivity index (χ4v) is 3.03. The minimum Gasteiger partial charge on any atom is -0.454 e. The zero-order valence-electron chi connectivity index (χ0n) is 13.0. The van der Waals surface area contributed by atoms with E-state index in [1.807, 2.05) is 29.6 Å². The van der Waals surface area contributed by atoms with Crippen LogP contribution in [0.5, 0.6) is 11.5 Å². The second-order valence-electron chi connectivity index (χ2n) is 5.12. The van der Waals surface area contributed by atoms with Gasteiger partial charge < -0.3 is 9.47 Å². The highest BCUT2D eigenvalue weighted by Gasteiger charge is 2.19. The quantitative estimate of drug-likeness (QED) is 0.672. The second-order valence-corrected chi connectivity index (χ2v) is 6.00. The van der Waals surface area contributed by atoms with Crippen LogP contribution in [0.2, 0.25) is 0 Å². The molecule has 6 nitrogen and oxygen atoms in total. The van der Waals surface area contributed by atoms with Crippen molar-refractivity contribution in [3.05, 3.63) is 65.8 Å². The van der Waals surface area contributed by atoms with Gasteiger partial charge in [0.1, 0.15) is 5.82 Å². The molecule has 4 rings (SSSR count). The summed E-state index contributed by atoms with van der Waals surface area (Å²) < 4.78 is 10.6. The third-order valence-corrected chi connectivity index (χ3v) is 4.28. The number of pyridine rings is 1. The molecule has 3 heterocycles. The van der Waals surface area contributed by atoms with Crippen LogP contribution in [0.3, 0.4) is 0 Å². The van der Waals surface area contributed by atoms with Gasteiger partial charge >= 0.3 is 0 Å². The largest absolute Gasteiger partial charge is 0.454 e. The van der Waals surface area contributed by atoms with E-state index in [-0.39, 0.29) is 12.7 Å². The first-order valence-electron chi connectivity index (χ1n) is 7.53. The normalized spacial score (nSPS) is 12.5. The smallest absolute Gasteiger partial charge is 0.258 e. The summed E-state index contributed by atoms with van der Waals surface area (Å²) in [4.78, 5) is 22.7. The van der Waals surface area contributed by atoms with Gasteiger partial charge in [0.25, 0.3) is 5.91 Å². The lowest BCUT2D eigenvalue weighted by molar-refractivity contribution is -0.113. The Hall–Kier alpha value is -3.19. The van der Waals surface area contributed by atoms with Crippen molar-refractivity contribution < 1.29 is 14.3 Å². The van der Waals surface area contributed by atoms with Gasteiger partial charge in [0.05, 0.1) is 0 Å². The van der Waals surface area contributed by atoms with Crippen molar-refractivity contribution in [2.24, 2.45) is 0 Å². The maximum atomic E-state index is 12.8. The van der Waals surface area contributed by atoms with Gasteiger partial charge in [0, 0.05) is 23.8 Å². The Kier molecular flexibility index (Phi) is 4.14. The summed E-state index contributed by atoms with van der Waals surface area (Å²) in [6.07, 6.45) is 6.52. The number of hydrogen-bond donors (Lipinski definition) is 0. The lowest BCUT2D eigenvalue weighted by Gasteiger charge is -2.16. The Morgan fingerprint density at radius 1 is 1.12 bits per heavy atom. The molecule has 1 aliphatic rings. The Morgan fingerprint density at radius 3 is 2.84 bits per heavy atom. The predicted molar refractivity (Wildman–Crippen MR) is 95.1 cm³/mol. The van der Waals surface area contributed by atoms with Crippen molar-refractivity contribution in [2.75, 3.05) is 11.7 Å². The lowest BCUT2D eigenvalue weighted by atomic mass is 10.2. The summed E-state index contributed by atoms with van der Waals surface area (Å²) in [6, 6.07) is 10.9. The van der Waals surface area contributed by atoms with Crippen molar-refractivity contribution in [3.8, 4) is 11.5 Å². The van der Waals surface area contributed by atoms with E-state index in [2.05, 4.69) is 9.97 Å². The number of amides is 1. The first kappa shape index (κ1) is 15.3. The average molecular weight is 351 g/mol. The number of benzene rings is 1. The van der Waals surface area contributed by atoms with Crippen LogP contribution in [0.15, 0.2) is 60.2 Å². The van der Waals surface area contributed by atoms with Crippen LogP contribution in [0.25, 0.3) is 6.08 Å². The van der Waals surface area contributed by atoms with Crippen LogP contribution >= 0.6 is 11.3 Å². The summed E-state index contributed by atoms with van der Waals surface area (Å²) in [7, 11) is 0. The molecule has 0 unspecified atom stereocenters. The molecule has 25 heavy (non-hydrogen) atoms. The second kappa shape index (κ2) is 6.74. The van der Waals surface area contributed by atoms with E-state index in [9.17, 15) is 4.79 Å². The van der Waals surface area contributed by atoms with E-state index in [1.54, 1.807) is 30.6 Å². The number of anilines is 2. The zero-order valence-corrected chi connectivity index (χ0v) is 13.8. The molecule has 0 saturated heterocycles. The zero-order chi connectivity index (χ0) is 17.1. The number of thiazole rings is 1. The number of carbonyl (C=O) groups is 1. The van der Waals surface area contributed by atoms with Crippen LogP contribution < -0.4 is 14.4 Å². The Balaban J connectivity index is 1.61. The van der Waals surface area contributed by atoms with Gasteiger partial charge in [-0.05, 0) is 35.9 Å². The Morgan fingerprint density at radius 2 is 2.04 bits per heavy atom. The van der Waals surface area contributed by atoms with E-state index in [0.29, 0.717) is 22.4 Å². The van der Waals surface area contributed by atoms with Crippen molar-refractivity contribution in [1.82, 2.24) is 9.97 Å². The fourth-order valence-electron chi connectivity index (χ4n) is 2.38. The summed E-state index contributed by atoms with van der Waals surface area (Å²) in [5.74, 6) is 1.68. The molecule has 2 aromatic heterocycles. The summed E-state index contributed by atoms with van der Waals surface area (Å²) >= 11 is 1.38. The Labute approximate surface area is 148 Å². The number of fused-ring (bicyclic) bond motifs is 1. The van der Waals surface area contributed by atoms with E-state index in [0.717, 1.165) is 5.56 Å². The first-order valence-corrected chi connectivity index (χ1v) is 8.41. The van der Waals surface area contributed by atoms with Gasteiger partial charge in [-0.2, -0.15) is 0 Å². The summed E-state index contributed by atoms with van der Waals surface area (Å²) in [6.45, 7) is 0.221. The highest BCUT2D eigenvalue weighted by atomic mass is 32.1. The van der Waals surface area contributed by atoms with Gasteiger partial charge in [-0.15, -0.1) is 11.3 Å². The maximum absolute atomic E-state index is 12.8. The van der Waals surface area contributed by atoms with E-state index in [1.165, 1.54) is 22.3 Å². The Bertz CT molecular complexity index is 911. The van der Waals surface area contributed by atoms with Crippen LogP contribution in [-0.4, -0.2) is 22.7 Å². The molecule has 7 heteroatoms. The molecule has 0 bridgehead atoms. The molecular formula is C18H13N3O3S. The average Bonchev–Trinajstić information content (AvgIpc) is 3.32. The highest BCUT2D eigenvalue weighted by Crippen LogP contribution is 2.33. The molecule has 3 aromatic rings. The van der Waals surface area contributed by atoms with Gasteiger partial charge in [0.15, 0.2) is 16.6 Å². The molecule has 0 spiro atoms.